The van der Waals surface area contributed by atoms with Crippen molar-refractivity contribution in [2.45, 2.75) is 47.5 Å². The predicted octanol–water partition coefficient (Wildman–Crippen LogP) is 4.56. The molecule has 0 spiro atoms. The molecule has 0 heterocycles. The third-order valence-electron chi connectivity index (χ3n) is 5.12. The summed E-state index contributed by atoms with van der Waals surface area (Å²) in [5.74, 6) is 0.538. The van der Waals surface area contributed by atoms with Crippen molar-refractivity contribution in [1.82, 2.24) is 0 Å². The first-order valence-corrected chi connectivity index (χ1v) is 8.69. The van der Waals surface area contributed by atoms with Crippen molar-refractivity contribution in [1.29, 1.82) is 0 Å². The molecular formula is C21H28O3. The zero-order valence-corrected chi connectivity index (χ0v) is 15.6. The number of methoxy groups -OCH3 is 1. The third-order valence-corrected chi connectivity index (χ3v) is 5.12. The van der Waals surface area contributed by atoms with Crippen molar-refractivity contribution in [2.75, 3.05) is 7.11 Å². The number of hydrogen-bond acceptors (Lipinski definition) is 3. The summed E-state index contributed by atoms with van der Waals surface area (Å²) in [7, 11) is 1.46. The molecule has 2 rings (SSSR count). The second-order valence-corrected chi connectivity index (χ2v) is 7.22. The molecule has 0 radical (unpaired) electrons. The summed E-state index contributed by atoms with van der Waals surface area (Å²) in [6.45, 7) is 9.98. The fourth-order valence-electron chi connectivity index (χ4n) is 3.75. The maximum atomic E-state index is 12.9. The molecule has 0 saturated carbocycles. The lowest BCUT2D eigenvalue weighted by Gasteiger charge is -2.36. The van der Waals surface area contributed by atoms with Crippen LogP contribution >= 0.6 is 0 Å². The van der Waals surface area contributed by atoms with Crippen molar-refractivity contribution in [2.24, 2.45) is 17.8 Å². The highest BCUT2D eigenvalue weighted by Crippen LogP contribution is 2.43. The molecule has 0 aromatic carbocycles. The molecule has 2 aliphatic carbocycles. The molecule has 0 aliphatic heterocycles. The Morgan fingerprint density at radius 1 is 1.17 bits per heavy atom. The molecular weight excluding hydrogens is 300 g/mol. The molecule has 3 nitrogen and oxygen atoms in total. The van der Waals surface area contributed by atoms with Crippen molar-refractivity contribution < 1.29 is 14.3 Å². The molecule has 0 N–H and O–H groups in total. The molecule has 0 fully saturated rings. The summed E-state index contributed by atoms with van der Waals surface area (Å²) >= 11 is 0. The number of carbonyl (C=O) groups is 2. The molecule has 3 atom stereocenters. The number of ether oxygens (including phenoxy) is 1. The van der Waals surface area contributed by atoms with Crippen LogP contribution in [0, 0.1) is 17.8 Å². The Morgan fingerprint density at radius 2 is 1.83 bits per heavy atom. The fraction of sp³-hybridized carbons (Fsp3) is 0.524. The van der Waals surface area contributed by atoms with E-state index in [1.807, 2.05) is 6.92 Å². The first-order valence-electron chi connectivity index (χ1n) is 8.69. The largest absolute Gasteiger partial charge is 0.492 e. The summed E-state index contributed by atoms with van der Waals surface area (Å²) < 4.78 is 5.22. The van der Waals surface area contributed by atoms with E-state index in [0.29, 0.717) is 11.1 Å². The van der Waals surface area contributed by atoms with Gasteiger partial charge >= 0.3 is 0 Å². The van der Waals surface area contributed by atoms with Crippen LogP contribution in [0.15, 0.2) is 46.3 Å². The molecule has 0 bridgehead atoms. The standard InChI is InChI=1S/C21H28O3/c1-12(2)8-7-9-13(3)16-11-10-14(4)17-18(16)19(22)15(5)21(24-6)20(17)23/h7-9,13-14,16H,10-11H2,1-6H3/b9-7+/t13-,14-,16+/m0/s1. The van der Waals surface area contributed by atoms with Gasteiger partial charge in [0.2, 0.25) is 5.78 Å². The van der Waals surface area contributed by atoms with Crippen molar-refractivity contribution in [3.05, 3.63) is 46.3 Å². The Morgan fingerprint density at radius 3 is 2.42 bits per heavy atom. The van der Waals surface area contributed by atoms with Gasteiger partial charge in [-0.05, 0) is 51.4 Å². The zero-order chi connectivity index (χ0) is 18.0. The highest BCUT2D eigenvalue weighted by molar-refractivity contribution is 6.24. The van der Waals surface area contributed by atoms with Gasteiger partial charge in [-0.2, -0.15) is 0 Å². The van der Waals surface area contributed by atoms with Crippen LogP contribution < -0.4 is 0 Å². The lowest BCUT2D eigenvalue weighted by atomic mass is 9.67. The average Bonchev–Trinajstić information content (AvgIpc) is 2.52. The molecule has 0 saturated heterocycles. The van der Waals surface area contributed by atoms with Crippen LogP contribution in [0.5, 0.6) is 0 Å². The van der Waals surface area contributed by atoms with Gasteiger partial charge in [0.25, 0.3) is 0 Å². The van der Waals surface area contributed by atoms with Gasteiger partial charge in [-0.3, -0.25) is 9.59 Å². The van der Waals surface area contributed by atoms with E-state index in [2.05, 4.69) is 39.0 Å². The summed E-state index contributed by atoms with van der Waals surface area (Å²) in [6, 6.07) is 0. The van der Waals surface area contributed by atoms with Gasteiger partial charge in [0, 0.05) is 16.7 Å². The Hall–Kier alpha value is -1.90. The van der Waals surface area contributed by atoms with E-state index in [-0.39, 0.29) is 35.1 Å². The summed E-state index contributed by atoms with van der Waals surface area (Å²) in [5, 5.41) is 0. The van der Waals surface area contributed by atoms with Crippen molar-refractivity contribution >= 4 is 11.6 Å². The van der Waals surface area contributed by atoms with Gasteiger partial charge in [0.05, 0.1) is 7.11 Å². The molecule has 0 unspecified atom stereocenters. The number of carbonyl (C=O) groups excluding carboxylic acids is 2. The summed E-state index contributed by atoms with van der Waals surface area (Å²) in [6.07, 6.45) is 8.13. The van der Waals surface area contributed by atoms with E-state index in [1.165, 1.54) is 12.7 Å². The molecule has 0 amide bonds. The highest BCUT2D eigenvalue weighted by atomic mass is 16.5. The Kier molecular flexibility index (Phi) is 5.63. The predicted molar refractivity (Wildman–Crippen MR) is 96.4 cm³/mol. The number of Topliss-reactive ketones (excluding diaryl/α,β-unsaturated/α-hetero) is 2. The van der Waals surface area contributed by atoms with Gasteiger partial charge in [0.15, 0.2) is 11.5 Å². The Balaban J connectivity index is 2.44. The SMILES string of the molecule is COC1=C(C)C(=O)C2=C(C1=O)[C@@H](C)CC[C@@H]2[C@@H](C)/C=C/C=C(C)C. The zero-order valence-electron chi connectivity index (χ0n) is 15.6. The minimum absolute atomic E-state index is 0.0135. The number of hydrogen-bond donors (Lipinski definition) is 0. The maximum Gasteiger partial charge on any atom is 0.224 e. The second-order valence-electron chi connectivity index (χ2n) is 7.22. The normalized spacial score (nSPS) is 25.9. The first-order chi connectivity index (χ1) is 11.3. The molecule has 0 aromatic rings. The third kappa shape index (κ3) is 3.31. The van der Waals surface area contributed by atoms with E-state index in [9.17, 15) is 9.59 Å². The fourth-order valence-corrected chi connectivity index (χ4v) is 3.75. The molecule has 2 aliphatic rings. The van der Waals surface area contributed by atoms with E-state index in [4.69, 9.17) is 4.74 Å². The van der Waals surface area contributed by atoms with E-state index in [0.717, 1.165) is 18.4 Å². The topological polar surface area (TPSA) is 43.4 Å². The van der Waals surface area contributed by atoms with Crippen molar-refractivity contribution in [3.8, 4) is 0 Å². The molecule has 3 heteroatoms. The highest BCUT2D eigenvalue weighted by Gasteiger charge is 2.42. The minimum Gasteiger partial charge on any atom is -0.492 e. The Bertz CT molecular complexity index is 669. The van der Waals surface area contributed by atoms with E-state index >= 15 is 0 Å². The lowest BCUT2D eigenvalue weighted by Crippen LogP contribution is -2.35. The van der Waals surface area contributed by atoms with Gasteiger partial charge in [-0.1, -0.05) is 37.6 Å². The molecule has 130 valence electrons. The number of ketones is 2. The smallest absolute Gasteiger partial charge is 0.224 e. The van der Waals surface area contributed by atoms with Crippen LogP contribution in [0.1, 0.15) is 47.5 Å². The average molecular weight is 328 g/mol. The van der Waals surface area contributed by atoms with Gasteiger partial charge in [-0.15, -0.1) is 0 Å². The summed E-state index contributed by atoms with van der Waals surface area (Å²) in [4.78, 5) is 25.7. The first kappa shape index (κ1) is 18.4. The number of rotatable bonds is 4. The van der Waals surface area contributed by atoms with Crippen molar-refractivity contribution in [3.63, 3.8) is 0 Å². The van der Waals surface area contributed by atoms with Crippen LogP contribution in [0.25, 0.3) is 0 Å². The van der Waals surface area contributed by atoms with Gasteiger partial charge < -0.3 is 4.74 Å². The lowest BCUT2D eigenvalue weighted by molar-refractivity contribution is -0.120. The number of allylic oxidation sites excluding steroid dienone is 7. The van der Waals surface area contributed by atoms with E-state index < -0.39 is 0 Å². The van der Waals surface area contributed by atoms with Gasteiger partial charge in [-0.25, -0.2) is 0 Å². The second kappa shape index (κ2) is 7.33. The van der Waals surface area contributed by atoms with Crippen LogP contribution in [0.2, 0.25) is 0 Å². The minimum atomic E-state index is -0.0951. The van der Waals surface area contributed by atoms with Crippen LogP contribution in [-0.2, 0) is 14.3 Å². The molecule has 0 aromatic heterocycles. The monoisotopic (exact) mass is 328 g/mol. The van der Waals surface area contributed by atoms with Crippen LogP contribution in [0.4, 0.5) is 0 Å². The maximum absolute atomic E-state index is 12.9. The molecule has 24 heavy (non-hydrogen) atoms. The van der Waals surface area contributed by atoms with Crippen LogP contribution in [0.3, 0.4) is 0 Å². The summed E-state index contributed by atoms with van der Waals surface area (Å²) in [5.41, 5.74) is 3.09. The van der Waals surface area contributed by atoms with Crippen LogP contribution in [-0.4, -0.2) is 18.7 Å². The van der Waals surface area contributed by atoms with E-state index in [1.54, 1.807) is 6.92 Å². The van der Waals surface area contributed by atoms with Gasteiger partial charge in [0.1, 0.15) is 0 Å². The Labute approximate surface area is 145 Å². The quantitative estimate of drug-likeness (QED) is 0.561.